The third kappa shape index (κ3) is 4.05. The van der Waals surface area contributed by atoms with Gasteiger partial charge in [-0.1, -0.05) is 18.2 Å². The molecule has 0 atom stereocenters. The van der Waals surface area contributed by atoms with Gasteiger partial charge in [0.05, 0.1) is 0 Å². The maximum atomic E-state index is 6.01. The molecule has 4 heterocycles. The van der Waals surface area contributed by atoms with Crippen molar-refractivity contribution in [2.24, 2.45) is 0 Å². The molecular formula is C28H19N3O2Se. The molecule has 0 N–H and O–H groups in total. The molecule has 4 aromatic heterocycles. The van der Waals surface area contributed by atoms with Gasteiger partial charge in [-0.3, -0.25) is 0 Å². The first-order valence-electron chi connectivity index (χ1n) is 10.9. The molecule has 0 saturated carbocycles. The molecule has 0 unspecified atom stereocenters. The number of ether oxygens (including phenoxy) is 2. The Balaban J connectivity index is 1.32. The molecule has 0 amide bonds. The Morgan fingerprint density at radius 2 is 1.32 bits per heavy atom. The normalized spacial score (nSPS) is 11.1. The molecule has 0 aliphatic carbocycles. The number of aryl methyl sites for hydroxylation is 1. The molecule has 6 rings (SSSR count). The first-order valence-corrected chi connectivity index (χ1v) is 12.6. The number of aromatic nitrogens is 3. The summed E-state index contributed by atoms with van der Waals surface area (Å²) in [6, 6.07) is 31.4. The molecule has 164 valence electrons. The fourth-order valence-electron chi connectivity index (χ4n) is 3.82. The summed E-state index contributed by atoms with van der Waals surface area (Å²) in [5.74, 6) is 2.09. The van der Waals surface area contributed by atoms with Crippen LogP contribution in [-0.2, 0) is 0 Å². The van der Waals surface area contributed by atoms with Crippen LogP contribution in [0.2, 0.25) is 0 Å². The van der Waals surface area contributed by atoms with Crippen LogP contribution in [0.3, 0.4) is 0 Å². The third-order valence-electron chi connectivity index (χ3n) is 5.38. The zero-order valence-electron chi connectivity index (χ0n) is 18.3. The second-order valence-corrected chi connectivity index (χ2v) is 9.88. The minimum atomic E-state index is 0.135. The molecule has 0 spiro atoms. The van der Waals surface area contributed by atoms with E-state index in [1.54, 1.807) is 12.1 Å². The van der Waals surface area contributed by atoms with Gasteiger partial charge < -0.3 is 0 Å². The first-order chi connectivity index (χ1) is 16.7. The molecule has 0 radical (unpaired) electrons. The van der Waals surface area contributed by atoms with E-state index >= 15 is 0 Å². The van der Waals surface area contributed by atoms with Crippen molar-refractivity contribution in [2.45, 2.75) is 6.92 Å². The molecule has 5 nitrogen and oxygen atoms in total. The van der Waals surface area contributed by atoms with Gasteiger partial charge in [0, 0.05) is 0 Å². The number of pyridine rings is 3. The van der Waals surface area contributed by atoms with Crippen molar-refractivity contribution in [1.82, 2.24) is 15.0 Å². The Morgan fingerprint density at radius 1 is 0.588 bits per heavy atom. The Bertz CT molecular complexity index is 1630. The van der Waals surface area contributed by atoms with Crippen molar-refractivity contribution in [3.8, 4) is 34.6 Å². The summed E-state index contributed by atoms with van der Waals surface area (Å²) in [6.45, 7) is 2.04. The standard InChI is InChI=1S/C28H19N3O2Se/c1-18-16-17-21-20-10-5-11-22(27(20)34-28(21)29-18)23-12-6-13-24(30-23)33-26-15-7-14-25(31-26)32-19-8-3-2-4-9-19/h2-17H,1H3. The average molecular weight is 508 g/mol. The molecular weight excluding hydrogens is 489 g/mol. The molecule has 0 fully saturated rings. The molecule has 0 aliphatic rings. The molecule has 0 bridgehead atoms. The van der Waals surface area contributed by atoms with Crippen molar-refractivity contribution in [2.75, 3.05) is 0 Å². The predicted molar refractivity (Wildman–Crippen MR) is 135 cm³/mol. The number of rotatable bonds is 5. The molecule has 0 saturated heterocycles. The van der Waals surface area contributed by atoms with Gasteiger partial charge in [0.25, 0.3) is 0 Å². The van der Waals surface area contributed by atoms with Gasteiger partial charge in [-0.2, -0.15) is 0 Å². The van der Waals surface area contributed by atoms with Crippen LogP contribution < -0.4 is 9.47 Å². The second kappa shape index (κ2) is 8.75. The van der Waals surface area contributed by atoms with Gasteiger partial charge in [0.2, 0.25) is 0 Å². The van der Waals surface area contributed by atoms with Gasteiger partial charge in [0.15, 0.2) is 0 Å². The summed E-state index contributed by atoms with van der Waals surface area (Å²) >= 11 is 0.135. The fraction of sp³-hybridized carbons (Fsp3) is 0.0357. The zero-order valence-corrected chi connectivity index (χ0v) is 20.0. The monoisotopic (exact) mass is 509 g/mol. The van der Waals surface area contributed by atoms with Crippen LogP contribution in [0.25, 0.3) is 30.7 Å². The van der Waals surface area contributed by atoms with Gasteiger partial charge in [-0.25, -0.2) is 0 Å². The van der Waals surface area contributed by atoms with E-state index in [1.165, 1.54) is 19.4 Å². The minimum absolute atomic E-state index is 0.135. The summed E-state index contributed by atoms with van der Waals surface area (Å²) in [5.41, 5.74) is 3.04. The molecule has 2 aromatic carbocycles. The van der Waals surface area contributed by atoms with E-state index in [0.717, 1.165) is 22.7 Å². The topological polar surface area (TPSA) is 57.1 Å². The van der Waals surface area contributed by atoms with Crippen LogP contribution in [-0.4, -0.2) is 29.5 Å². The van der Waals surface area contributed by atoms with Crippen LogP contribution in [0, 0.1) is 6.92 Å². The Hall–Kier alpha value is -3.99. The van der Waals surface area contributed by atoms with Crippen LogP contribution >= 0.6 is 0 Å². The van der Waals surface area contributed by atoms with Crippen molar-refractivity contribution in [3.63, 3.8) is 0 Å². The van der Waals surface area contributed by atoms with Crippen molar-refractivity contribution >= 4 is 33.9 Å². The maximum absolute atomic E-state index is 6.01. The summed E-state index contributed by atoms with van der Waals surface area (Å²) in [6.07, 6.45) is 0. The number of para-hydroxylation sites is 1. The molecule has 34 heavy (non-hydrogen) atoms. The molecule has 6 aromatic rings. The molecule has 6 heteroatoms. The van der Waals surface area contributed by atoms with Crippen LogP contribution in [0.1, 0.15) is 5.69 Å². The number of nitrogens with zero attached hydrogens (tertiary/aromatic N) is 3. The van der Waals surface area contributed by atoms with Gasteiger partial charge in [-0.15, -0.1) is 0 Å². The summed E-state index contributed by atoms with van der Waals surface area (Å²) in [4.78, 5) is 14.0. The van der Waals surface area contributed by atoms with E-state index in [-0.39, 0.29) is 14.5 Å². The van der Waals surface area contributed by atoms with E-state index < -0.39 is 0 Å². The zero-order chi connectivity index (χ0) is 22.9. The van der Waals surface area contributed by atoms with Crippen molar-refractivity contribution < 1.29 is 9.47 Å². The average Bonchev–Trinajstić information content (AvgIpc) is 3.23. The summed E-state index contributed by atoms with van der Waals surface area (Å²) < 4.78 is 14.3. The second-order valence-electron chi connectivity index (χ2n) is 7.78. The van der Waals surface area contributed by atoms with E-state index in [1.807, 2.05) is 61.5 Å². The van der Waals surface area contributed by atoms with Crippen molar-refractivity contribution in [1.29, 1.82) is 0 Å². The Labute approximate surface area is 202 Å². The van der Waals surface area contributed by atoms with Gasteiger partial charge in [-0.05, 0) is 0 Å². The Kier molecular flexibility index (Phi) is 5.30. The van der Waals surface area contributed by atoms with Crippen LogP contribution in [0.4, 0.5) is 0 Å². The molecule has 0 aliphatic heterocycles. The number of hydrogen-bond acceptors (Lipinski definition) is 5. The Morgan fingerprint density at radius 3 is 2.18 bits per heavy atom. The van der Waals surface area contributed by atoms with E-state index in [0.29, 0.717) is 17.6 Å². The predicted octanol–water partition coefficient (Wildman–Crippen LogP) is 6.80. The van der Waals surface area contributed by atoms with E-state index in [2.05, 4.69) is 35.3 Å². The van der Waals surface area contributed by atoms with Crippen molar-refractivity contribution in [3.05, 3.63) is 103 Å². The van der Waals surface area contributed by atoms with Gasteiger partial charge >= 0.3 is 184 Å². The number of hydrogen-bond donors (Lipinski definition) is 0. The SMILES string of the molecule is Cc1ccc2c(n1)[se]c1c(-c3cccc(Oc4cccc(Oc5ccccc5)n4)n3)cccc12. The van der Waals surface area contributed by atoms with E-state index in [9.17, 15) is 0 Å². The summed E-state index contributed by atoms with van der Waals surface area (Å²) in [7, 11) is 0. The number of benzene rings is 2. The number of fused-ring (bicyclic) bond motifs is 3. The third-order valence-corrected chi connectivity index (χ3v) is 7.79. The van der Waals surface area contributed by atoms with E-state index in [4.69, 9.17) is 19.4 Å². The quantitative estimate of drug-likeness (QED) is 0.240. The first kappa shape index (κ1) is 20.6. The van der Waals surface area contributed by atoms with Crippen LogP contribution in [0.5, 0.6) is 23.4 Å². The fourth-order valence-corrected chi connectivity index (χ4v) is 6.43. The van der Waals surface area contributed by atoms with Gasteiger partial charge in [0.1, 0.15) is 0 Å². The van der Waals surface area contributed by atoms with Crippen LogP contribution in [0.15, 0.2) is 97.1 Å². The summed E-state index contributed by atoms with van der Waals surface area (Å²) in [5, 5.41) is 2.48.